The number of aromatic nitrogens is 6. The molecule has 0 amide bonds. The number of hydrogen-bond donors (Lipinski definition) is 0. The molecule has 10 rings (SSSR count). The SMILES string of the molecule is c1ccc(-c2cc(-c3ccccn3)nc(-c3ncccc3-c3cc(-c4cccc(-n5c6ccccc6c6ccccc65)c4)nc(-c4ccccc4)n3)c2)cc1. The van der Waals surface area contributed by atoms with Gasteiger partial charge in [-0.2, -0.15) is 0 Å². The van der Waals surface area contributed by atoms with Crippen LogP contribution in [0, 0.1) is 0 Å². The van der Waals surface area contributed by atoms with Crippen LogP contribution in [0.1, 0.15) is 0 Å². The molecule has 0 atom stereocenters. The van der Waals surface area contributed by atoms with Crippen molar-refractivity contribution in [2.24, 2.45) is 0 Å². The Kier molecular flexibility index (Phi) is 8.04. The molecule has 55 heavy (non-hydrogen) atoms. The highest BCUT2D eigenvalue weighted by Gasteiger charge is 2.19. The first kappa shape index (κ1) is 32.1. The zero-order valence-electron chi connectivity index (χ0n) is 29.7. The van der Waals surface area contributed by atoms with Gasteiger partial charge in [0.15, 0.2) is 5.82 Å². The lowest BCUT2D eigenvalue weighted by atomic mass is 9.99. The number of para-hydroxylation sites is 2. The number of pyridine rings is 3. The molecule has 0 bridgehead atoms. The molecule has 0 aliphatic heterocycles. The van der Waals surface area contributed by atoms with Gasteiger partial charge in [-0.3, -0.25) is 9.97 Å². The van der Waals surface area contributed by atoms with E-state index >= 15 is 0 Å². The lowest BCUT2D eigenvalue weighted by Gasteiger charge is -2.14. The Bertz CT molecular complexity index is 2860. The van der Waals surface area contributed by atoms with E-state index in [1.807, 2.05) is 79.0 Å². The first-order valence-corrected chi connectivity index (χ1v) is 18.2. The van der Waals surface area contributed by atoms with Gasteiger partial charge in [-0.15, -0.1) is 0 Å². The maximum atomic E-state index is 5.20. The Morgan fingerprint density at radius 3 is 1.73 bits per heavy atom. The van der Waals surface area contributed by atoms with E-state index in [0.29, 0.717) is 5.82 Å². The van der Waals surface area contributed by atoms with Crippen molar-refractivity contribution in [1.82, 2.24) is 29.5 Å². The Morgan fingerprint density at radius 1 is 0.345 bits per heavy atom. The second-order valence-electron chi connectivity index (χ2n) is 13.4. The van der Waals surface area contributed by atoms with Crippen LogP contribution in [0.2, 0.25) is 0 Å². The standard InChI is InChI=1S/C49H32N6/c1-3-15-33(16-4-1)36-30-44(41-24-11-12-27-50-41)52-45(31-36)48-40(23-14-28-51-48)43-32-42(53-49(54-43)34-17-5-2-6-18-34)35-19-13-20-37(29-35)55-46-25-9-7-21-38(46)39-22-8-10-26-47(39)55/h1-32H. The van der Waals surface area contributed by atoms with Crippen LogP contribution in [0.3, 0.4) is 0 Å². The highest BCUT2D eigenvalue weighted by Crippen LogP contribution is 2.37. The summed E-state index contributed by atoms with van der Waals surface area (Å²) in [6, 6.07) is 62.4. The molecule has 258 valence electrons. The third-order valence-corrected chi connectivity index (χ3v) is 9.92. The highest BCUT2D eigenvalue weighted by molar-refractivity contribution is 6.09. The molecular weight excluding hydrogens is 673 g/mol. The topological polar surface area (TPSA) is 69.4 Å². The van der Waals surface area contributed by atoms with Crippen molar-refractivity contribution in [2.45, 2.75) is 0 Å². The van der Waals surface area contributed by atoms with E-state index in [-0.39, 0.29) is 0 Å². The lowest BCUT2D eigenvalue weighted by molar-refractivity contribution is 1.16. The lowest BCUT2D eigenvalue weighted by Crippen LogP contribution is -2.00. The van der Waals surface area contributed by atoms with Gasteiger partial charge >= 0.3 is 0 Å². The molecule has 0 aliphatic carbocycles. The van der Waals surface area contributed by atoms with Crippen LogP contribution in [0.15, 0.2) is 194 Å². The largest absolute Gasteiger partial charge is 0.309 e. The van der Waals surface area contributed by atoms with E-state index < -0.39 is 0 Å². The van der Waals surface area contributed by atoms with Gasteiger partial charge in [0, 0.05) is 45.5 Å². The van der Waals surface area contributed by atoms with E-state index in [0.717, 1.165) is 78.7 Å². The van der Waals surface area contributed by atoms with Gasteiger partial charge in [0.2, 0.25) is 0 Å². The first-order valence-electron chi connectivity index (χ1n) is 18.2. The summed E-state index contributed by atoms with van der Waals surface area (Å²) in [4.78, 5) is 25.2. The van der Waals surface area contributed by atoms with Crippen molar-refractivity contribution in [3.63, 3.8) is 0 Å². The minimum atomic E-state index is 0.630. The predicted molar refractivity (Wildman–Crippen MR) is 222 cm³/mol. The summed E-state index contributed by atoms with van der Waals surface area (Å²) in [7, 11) is 0. The van der Waals surface area contributed by atoms with Crippen molar-refractivity contribution >= 4 is 21.8 Å². The Hall–Kier alpha value is -7.57. The molecule has 5 heterocycles. The van der Waals surface area contributed by atoms with Crippen LogP contribution >= 0.6 is 0 Å². The molecule has 0 unspecified atom stereocenters. The molecule has 6 nitrogen and oxygen atoms in total. The zero-order valence-corrected chi connectivity index (χ0v) is 29.7. The maximum Gasteiger partial charge on any atom is 0.160 e. The van der Waals surface area contributed by atoms with Crippen LogP contribution in [-0.4, -0.2) is 29.5 Å². The summed E-state index contributed by atoms with van der Waals surface area (Å²) in [5.74, 6) is 0.630. The fraction of sp³-hybridized carbons (Fsp3) is 0. The number of fused-ring (bicyclic) bond motifs is 3. The van der Waals surface area contributed by atoms with Crippen molar-refractivity contribution in [2.75, 3.05) is 0 Å². The van der Waals surface area contributed by atoms with Gasteiger partial charge < -0.3 is 4.57 Å². The van der Waals surface area contributed by atoms with Gasteiger partial charge in [-0.1, -0.05) is 115 Å². The molecule has 10 aromatic rings. The summed E-state index contributed by atoms with van der Waals surface area (Å²) in [6.07, 6.45) is 3.60. The van der Waals surface area contributed by atoms with E-state index in [2.05, 4.69) is 119 Å². The van der Waals surface area contributed by atoms with Gasteiger partial charge in [0.05, 0.1) is 45.2 Å². The molecule has 5 aromatic carbocycles. The minimum absolute atomic E-state index is 0.630. The van der Waals surface area contributed by atoms with E-state index in [1.165, 1.54) is 10.8 Å². The smallest absolute Gasteiger partial charge is 0.160 e. The summed E-state index contributed by atoms with van der Waals surface area (Å²) in [6.45, 7) is 0. The molecular formula is C49H32N6. The van der Waals surface area contributed by atoms with Gasteiger partial charge in [0.1, 0.15) is 0 Å². The average Bonchev–Trinajstić information content (AvgIpc) is 3.61. The molecule has 0 N–H and O–H groups in total. The van der Waals surface area contributed by atoms with Crippen LogP contribution in [0.4, 0.5) is 0 Å². The van der Waals surface area contributed by atoms with Crippen LogP contribution in [0.25, 0.3) is 95.3 Å². The van der Waals surface area contributed by atoms with Crippen LogP contribution in [-0.2, 0) is 0 Å². The molecule has 0 spiro atoms. The Balaban J connectivity index is 1.16. The molecule has 0 radical (unpaired) electrons. The molecule has 5 aromatic heterocycles. The van der Waals surface area contributed by atoms with Crippen molar-refractivity contribution < 1.29 is 0 Å². The highest BCUT2D eigenvalue weighted by atomic mass is 15.0. The molecule has 6 heteroatoms. The summed E-state index contributed by atoms with van der Waals surface area (Å²) in [5.41, 5.74) is 12.8. The van der Waals surface area contributed by atoms with E-state index in [9.17, 15) is 0 Å². The third kappa shape index (κ3) is 6.02. The second-order valence-corrected chi connectivity index (χ2v) is 13.4. The summed E-state index contributed by atoms with van der Waals surface area (Å²) in [5, 5.41) is 2.44. The summed E-state index contributed by atoms with van der Waals surface area (Å²) < 4.78 is 2.33. The molecule has 0 saturated heterocycles. The van der Waals surface area contributed by atoms with Crippen molar-refractivity contribution in [1.29, 1.82) is 0 Å². The monoisotopic (exact) mass is 704 g/mol. The third-order valence-electron chi connectivity index (χ3n) is 9.92. The minimum Gasteiger partial charge on any atom is -0.309 e. The Morgan fingerprint density at radius 2 is 0.982 bits per heavy atom. The fourth-order valence-corrected chi connectivity index (χ4v) is 7.37. The normalized spacial score (nSPS) is 11.3. The quantitative estimate of drug-likeness (QED) is 0.165. The number of rotatable bonds is 7. The Labute approximate surface area is 318 Å². The first-order chi connectivity index (χ1) is 27.3. The number of nitrogens with zero attached hydrogens (tertiary/aromatic N) is 6. The second kappa shape index (κ2) is 13.8. The molecule has 0 saturated carbocycles. The van der Waals surface area contributed by atoms with E-state index in [1.54, 1.807) is 6.20 Å². The fourth-order valence-electron chi connectivity index (χ4n) is 7.37. The number of benzene rings is 5. The average molecular weight is 705 g/mol. The molecule has 0 fully saturated rings. The van der Waals surface area contributed by atoms with Crippen LogP contribution < -0.4 is 0 Å². The maximum absolute atomic E-state index is 5.20. The van der Waals surface area contributed by atoms with Crippen LogP contribution in [0.5, 0.6) is 0 Å². The van der Waals surface area contributed by atoms with Gasteiger partial charge in [0.25, 0.3) is 0 Å². The molecule has 0 aliphatic rings. The number of hydrogen-bond acceptors (Lipinski definition) is 5. The predicted octanol–water partition coefficient (Wildman–Crippen LogP) is 11.8. The zero-order chi connectivity index (χ0) is 36.6. The van der Waals surface area contributed by atoms with Gasteiger partial charge in [-0.05, 0) is 77.9 Å². The summed E-state index contributed by atoms with van der Waals surface area (Å²) >= 11 is 0. The van der Waals surface area contributed by atoms with Crippen molar-refractivity contribution in [3.8, 4) is 73.5 Å². The van der Waals surface area contributed by atoms with E-state index in [4.69, 9.17) is 19.9 Å². The van der Waals surface area contributed by atoms with Gasteiger partial charge in [-0.25, -0.2) is 15.0 Å². The van der Waals surface area contributed by atoms with Crippen molar-refractivity contribution in [3.05, 3.63) is 194 Å².